The average molecular weight is 286 g/mol. The van der Waals surface area contributed by atoms with E-state index < -0.39 is 0 Å². The minimum atomic E-state index is 0.619. The Bertz CT molecular complexity index is 568. The molecule has 0 spiro atoms. The van der Waals surface area contributed by atoms with E-state index in [1.54, 1.807) is 7.11 Å². The summed E-state index contributed by atoms with van der Waals surface area (Å²) < 4.78 is 10.9. The summed E-state index contributed by atoms with van der Waals surface area (Å²) in [6.45, 7) is 5.97. The van der Waals surface area contributed by atoms with E-state index in [4.69, 9.17) is 9.47 Å². The fraction of sp³-hybridized carbons (Fsp3) is 0.353. The van der Waals surface area contributed by atoms with E-state index in [9.17, 15) is 0 Å². The lowest BCUT2D eigenvalue weighted by Crippen LogP contribution is -2.14. The third-order valence-electron chi connectivity index (χ3n) is 3.03. The zero-order valence-electron chi connectivity index (χ0n) is 12.8. The van der Waals surface area contributed by atoms with Crippen LogP contribution >= 0.6 is 0 Å². The summed E-state index contributed by atoms with van der Waals surface area (Å²) in [5.41, 5.74) is 2.13. The number of ether oxygens (including phenoxy) is 2. The number of aryl methyl sites for hydroxylation is 1. The Morgan fingerprint density at radius 1 is 1.10 bits per heavy atom. The number of aromatic nitrogens is 1. The normalized spacial score (nSPS) is 10.4. The smallest absolute Gasteiger partial charge is 0.219 e. The zero-order valence-corrected chi connectivity index (χ0v) is 12.8. The Balaban J connectivity index is 2.07. The molecule has 0 aliphatic carbocycles. The first-order valence-electron chi connectivity index (χ1n) is 7.21. The fourth-order valence-corrected chi connectivity index (χ4v) is 2.04. The van der Waals surface area contributed by atoms with Gasteiger partial charge in [-0.3, -0.25) is 0 Å². The summed E-state index contributed by atoms with van der Waals surface area (Å²) in [4.78, 5) is 4.42. The number of nitrogens with one attached hydrogen (secondary N) is 1. The molecule has 2 aromatic rings. The highest BCUT2D eigenvalue weighted by molar-refractivity contribution is 5.34. The average Bonchev–Trinajstić information content (AvgIpc) is 2.48. The summed E-state index contributed by atoms with van der Waals surface area (Å²) in [5, 5.41) is 3.38. The lowest BCUT2D eigenvalue weighted by atomic mass is 10.2. The van der Waals surface area contributed by atoms with Crippen molar-refractivity contribution < 1.29 is 9.47 Å². The topological polar surface area (TPSA) is 43.4 Å². The van der Waals surface area contributed by atoms with Crippen LogP contribution in [0.15, 0.2) is 36.4 Å². The molecule has 0 fully saturated rings. The van der Waals surface area contributed by atoms with Crippen LogP contribution in [0.4, 0.5) is 0 Å². The maximum absolute atomic E-state index is 5.81. The van der Waals surface area contributed by atoms with E-state index in [0.717, 1.165) is 36.7 Å². The molecular formula is C17H22N2O2. The van der Waals surface area contributed by atoms with Gasteiger partial charge in [0, 0.05) is 18.3 Å². The van der Waals surface area contributed by atoms with E-state index in [0.29, 0.717) is 5.88 Å². The first-order chi connectivity index (χ1) is 10.2. The highest BCUT2D eigenvalue weighted by Crippen LogP contribution is 2.23. The lowest BCUT2D eigenvalue weighted by molar-refractivity contribution is 0.412. The SMILES string of the molecule is CCCNCc1cc(C)nc(Oc2ccc(OC)cc2)c1. The first kappa shape index (κ1) is 15.3. The highest BCUT2D eigenvalue weighted by atomic mass is 16.5. The molecule has 21 heavy (non-hydrogen) atoms. The molecule has 0 saturated carbocycles. The van der Waals surface area contributed by atoms with Crippen molar-refractivity contribution in [1.82, 2.24) is 10.3 Å². The monoisotopic (exact) mass is 286 g/mol. The summed E-state index contributed by atoms with van der Waals surface area (Å²) in [6, 6.07) is 11.5. The molecule has 0 aliphatic rings. The van der Waals surface area contributed by atoms with Gasteiger partial charge in [0.15, 0.2) is 0 Å². The largest absolute Gasteiger partial charge is 0.497 e. The number of benzene rings is 1. The summed E-state index contributed by atoms with van der Waals surface area (Å²) in [6.07, 6.45) is 1.12. The van der Waals surface area contributed by atoms with E-state index in [1.807, 2.05) is 37.3 Å². The predicted octanol–water partition coefficient (Wildman–Crippen LogP) is 3.69. The zero-order chi connectivity index (χ0) is 15.1. The van der Waals surface area contributed by atoms with Gasteiger partial charge in [0.05, 0.1) is 7.11 Å². The molecule has 112 valence electrons. The van der Waals surface area contributed by atoms with Crippen LogP contribution in [-0.4, -0.2) is 18.6 Å². The van der Waals surface area contributed by atoms with Gasteiger partial charge in [0.25, 0.3) is 0 Å². The van der Waals surface area contributed by atoms with Crippen molar-refractivity contribution in [3.8, 4) is 17.4 Å². The van der Waals surface area contributed by atoms with Crippen molar-refractivity contribution >= 4 is 0 Å². The van der Waals surface area contributed by atoms with Crippen LogP contribution in [0.25, 0.3) is 0 Å². The molecule has 1 aromatic carbocycles. The number of pyridine rings is 1. The molecule has 0 amide bonds. The number of nitrogens with zero attached hydrogens (tertiary/aromatic N) is 1. The second-order valence-electron chi connectivity index (χ2n) is 4.91. The third kappa shape index (κ3) is 4.76. The van der Waals surface area contributed by atoms with Gasteiger partial charge in [-0.05, 0) is 55.8 Å². The van der Waals surface area contributed by atoms with Crippen LogP contribution in [0.1, 0.15) is 24.6 Å². The standard InChI is InChI=1S/C17H22N2O2/c1-4-9-18-12-14-10-13(2)19-17(11-14)21-16-7-5-15(20-3)6-8-16/h5-8,10-11,18H,4,9,12H2,1-3H3. The molecule has 0 atom stereocenters. The van der Waals surface area contributed by atoms with E-state index in [1.165, 1.54) is 5.56 Å². The summed E-state index contributed by atoms with van der Waals surface area (Å²) in [7, 11) is 1.65. The minimum absolute atomic E-state index is 0.619. The maximum Gasteiger partial charge on any atom is 0.219 e. The van der Waals surface area contributed by atoms with Crippen molar-refractivity contribution in [2.45, 2.75) is 26.8 Å². The van der Waals surface area contributed by atoms with Gasteiger partial charge < -0.3 is 14.8 Å². The van der Waals surface area contributed by atoms with Crippen LogP contribution in [0.5, 0.6) is 17.4 Å². The second-order valence-corrected chi connectivity index (χ2v) is 4.91. The molecule has 0 bridgehead atoms. The van der Waals surface area contributed by atoms with Crippen molar-refractivity contribution in [2.24, 2.45) is 0 Å². The van der Waals surface area contributed by atoms with Crippen molar-refractivity contribution in [3.05, 3.63) is 47.7 Å². The lowest BCUT2D eigenvalue weighted by Gasteiger charge is -2.09. The van der Waals surface area contributed by atoms with Gasteiger partial charge in [-0.2, -0.15) is 0 Å². The molecule has 2 rings (SSSR count). The molecular weight excluding hydrogens is 264 g/mol. The Morgan fingerprint density at radius 2 is 1.81 bits per heavy atom. The van der Waals surface area contributed by atoms with Gasteiger partial charge in [-0.15, -0.1) is 0 Å². The van der Waals surface area contributed by atoms with Crippen molar-refractivity contribution in [1.29, 1.82) is 0 Å². The quantitative estimate of drug-likeness (QED) is 0.788. The highest BCUT2D eigenvalue weighted by Gasteiger charge is 2.03. The van der Waals surface area contributed by atoms with Crippen LogP contribution < -0.4 is 14.8 Å². The Labute approximate surface area is 126 Å². The first-order valence-corrected chi connectivity index (χ1v) is 7.21. The number of hydrogen-bond acceptors (Lipinski definition) is 4. The summed E-state index contributed by atoms with van der Waals surface area (Å²) >= 11 is 0. The van der Waals surface area contributed by atoms with E-state index in [-0.39, 0.29) is 0 Å². The number of methoxy groups -OCH3 is 1. The molecule has 0 saturated heterocycles. The predicted molar refractivity (Wildman–Crippen MR) is 84.0 cm³/mol. The molecule has 0 radical (unpaired) electrons. The van der Waals surface area contributed by atoms with E-state index >= 15 is 0 Å². The fourth-order valence-electron chi connectivity index (χ4n) is 2.04. The van der Waals surface area contributed by atoms with Crippen LogP contribution in [-0.2, 0) is 6.54 Å². The Hall–Kier alpha value is -2.07. The molecule has 1 aromatic heterocycles. The Morgan fingerprint density at radius 3 is 2.48 bits per heavy atom. The molecule has 1 heterocycles. The third-order valence-corrected chi connectivity index (χ3v) is 3.03. The Kier molecular flexibility index (Phi) is 5.58. The van der Waals surface area contributed by atoms with E-state index in [2.05, 4.69) is 23.3 Å². The summed E-state index contributed by atoms with van der Waals surface area (Å²) in [5.74, 6) is 2.18. The maximum atomic E-state index is 5.81. The van der Waals surface area contributed by atoms with Crippen LogP contribution in [0.3, 0.4) is 0 Å². The van der Waals surface area contributed by atoms with Gasteiger partial charge in [0.1, 0.15) is 11.5 Å². The number of rotatable bonds is 7. The van der Waals surface area contributed by atoms with Gasteiger partial charge >= 0.3 is 0 Å². The molecule has 4 heteroatoms. The van der Waals surface area contributed by atoms with Gasteiger partial charge in [-0.25, -0.2) is 4.98 Å². The van der Waals surface area contributed by atoms with Crippen molar-refractivity contribution in [2.75, 3.05) is 13.7 Å². The minimum Gasteiger partial charge on any atom is -0.497 e. The number of hydrogen-bond donors (Lipinski definition) is 1. The van der Waals surface area contributed by atoms with Crippen LogP contribution in [0, 0.1) is 6.92 Å². The van der Waals surface area contributed by atoms with Crippen molar-refractivity contribution in [3.63, 3.8) is 0 Å². The molecule has 0 unspecified atom stereocenters. The molecule has 0 aliphatic heterocycles. The molecule has 4 nitrogen and oxygen atoms in total. The van der Waals surface area contributed by atoms with Crippen LogP contribution in [0.2, 0.25) is 0 Å². The second kappa shape index (κ2) is 7.64. The van der Waals surface area contributed by atoms with Gasteiger partial charge in [0.2, 0.25) is 5.88 Å². The molecule has 1 N–H and O–H groups in total. The van der Waals surface area contributed by atoms with Gasteiger partial charge in [-0.1, -0.05) is 6.92 Å².